The van der Waals surface area contributed by atoms with Crippen LogP contribution >= 0.6 is 15.2 Å². The fourth-order valence-electron chi connectivity index (χ4n) is 2.71. The van der Waals surface area contributed by atoms with Crippen LogP contribution in [0, 0.1) is 0 Å². The first-order valence-corrected chi connectivity index (χ1v) is 12.3. The van der Waals surface area contributed by atoms with E-state index in [0.717, 1.165) is 25.7 Å². The molecule has 0 amide bonds. The smallest absolute Gasteiger partial charge is 0.367 e. The quantitative estimate of drug-likeness (QED) is 0.208. The number of nitrogens with zero attached hydrogens (tertiary/aromatic N) is 1. The molecular weight excluding hydrogens is 368 g/mol. The van der Waals surface area contributed by atoms with Crippen LogP contribution < -0.4 is 0 Å². The molecule has 0 aromatic rings. The molecule has 0 aromatic carbocycles. The predicted octanol–water partition coefficient (Wildman–Crippen LogP) is 2.84. The van der Waals surface area contributed by atoms with Gasteiger partial charge in [0.15, 0.2) is 0 Å². The van der Waals surface area contributed by atoms with Crippen LogP contribution in [0.4, 0.5) is 0 Å². The minimum atomic E-state index is -5.37. The molecule has 0 aliphatic carbocycles. The lowest BCUT2D eigenvalue weighted by atomic mass is 10.1. The maximum Gasteiger partial charge on any atom is 0.369 e. The Morgan fingerprint density at radius 3 is 1.64 bits per heavy atom. The Bertz CT molecular complexity index is 427. The van der Waals surface area contributed by atoms with E-state index in [2.05, 4.69) is 6.92 Å². The largest absolute Gasteiger partial charge is 0.369 e. The van der Waals surface area contributed by atoms with Crippen molar-refractivity contribution in [2.24, 2.45) is 0 Å². The summed E-state index contributed by atoms with van der Waals surface area (Å²) in [4.78, 5) is 38.6. The highest BCUT2D eigenvalue weighted by molar-refractivity contribution is 7.72. The van der Waals surface area contributed by atoms with Crippen molar-refractivity contribution in [3.63, 3.8) is 0 Å². The van der Waals surface area contributed by atoms with Gasteiger partial charge in [-0.15, -0.1) is 0 Å². The van der Waals surface area contributed by atoms with Gasteiger partial charge in [-0.05, 0) is 25.9 Å². The first-order valence-electron chi connectivity index (χ1n) is 9.05. The topological polar surface area (TPSA) is 139 Å². The molecule has 0 heterocycles. The lowest BCUT2D eigenvalue weighted by Crippen LogP contribution is -2.36. The van der Waals surface area contributed by atoms with Crippen LogP contribution in [0.25, 0.3) is 0 Å². The van der Waals surface area contributed by atoms with E-state index in [4.69, 9.17) is 0 Å². The molecule has 0 spiro atoms. The van der Waals surface area contributed by atoms with Gasteiger partial charge in [-0.25, -0.2) is 0 Å². The average Bonchev–Trinajstić information content (AvgIpc) is 2.49. The SMILES string of the molecule is CCCCCCCCCN(CCC)CCC(O)(P(=O)(O)O)P(=O)(O)O. The summed E-state index contributed by atoms with van der Waals surface area (Å²) in [5.74, 6) is 0. The molecule has 8 nitrogen and oxygen atoms in total. The van der Waals surface area contributed by atoms with Gasteiger partial charge in [0.1, 0.15) is 0 Å². The number of hydrogen-bond acceptors (Lipinski definition) is 4. The zero-order valence-electron chi connectivity index (χ0n) is 15.4. The highest BCUT2D eigenvalue weighted by Gasteiger charge is 2.58. The zero-order valence-corrected chi connectivity index (χ0v) is 17.2. The van der Waals surface area contributed by atoms with Crippen molar-refractivity contribution in [3.05, 3.63) is 0 Å². The molecule has 0 saturated carbocycles. The maximum atomic E-state index is 11.4. The first-order chi connectivity index (χ1) is 11.5. The third-order valence-corrected chi connectivity index (χ3v) is 8.19. The van der Waals surface area contributed by atoms with E-state index in [-0.39, 0.29) is 6.54 Å². The van der Waals surface area contributed by atoms with Crippen LogP contribution in [-0.2, 0) is 9.13 Å². The Balaban J connectivity index is 4.50. The number of hydrogen-bond donors (Lipinski definition) is 5. The summed E-state index contributed by atoms with van der Waals surface area (Å²) in [6.45, 7) is 5.47. The van der Waals surface area contributed by atoms with Crippen molar-refractivity contribution < 1.29 is 33.8 Å². The predicted molar refractivity (Wildman–Crippen MR) is 98.4 cm³/mol. The molecule has 25 heavy (non-hydrogen) atoms. The van der Waals surface area contributed by atoms with Crippen LogP contribution in [0.1, 0.15) is 71.6 Å². The van der Waals surface area contributed by atoms with Gasteiger partial charge < -0.3 is 29.6 Å². The van der Waals surface area contributed by atoms with E-state index >= 15 is 0 Å². The second kappa shape index (κ2) is 11.8. The van der Waals surface area contributed by atoms with E-state index in [1.165, 1.54) is 25.7 Å². The Morgan fingerprint density at radius 1 is 0.720 bits per heavy atom. The van der Waals surface area contributed by atoms with Gasteiger partial charge >= 0.3 is 15.2 Å². The summed E-state index contributed by atoms with van der Waals surface area (Å²) in [7, 11) is -10.7. The zero-order chi connectivity index (χ0) is 19.6. The molecule has 152 valence electrons. The van der Waals surface area contributed by atoms with Crippen LogP contribution in [-0.4, -0.2) is 54.3 Å². The summed E-state index contributed by atoms with van der Waals surface area (Å²) in [6, 6.07) is 0. The standard InChI is InChI=1S/C15H35NO7P2/c1-3-5-6-7-8-9-10-13-16(12-4-2)14-11-15(17,24(18,19)20)25(21,22)23/h17H,3-14H2,1-2H3,(H2,18,19,20)(H2,21,22,23). The summed E-state index contributed by atoms with van der Waals surface area (Å²) >= 11 is 0. The number of unbranched alkanes of at least 4 members (excludes halogenated alkanes) is 6. The van der Waals surface area contributed by atoms with Crippen LogP contribution in [0.2, 0.25) is 0 Å². The normalized spacial score (nSPS) is 13.6. The molecule has 0 saturated heterocycles. The molecular formula is C15H35NO7P2. The van der Waals surface area contributed by atoms with Crippen molar-refractivity contribution in [3.8, 4) is 0 Å². The minimum Gasteiger partial charge on any atom is -0.367 e. The van der Waals surface area contributed by atoms with E-state index in [1.54, 1.807) is 0 Å². The van der Waals surface area contributed by atoms with Crippen LogP contribution in [0.3, 0.4) is 0 Å². The maximum absolute atomic E-state index is 11.4. The van der Waals surface area contributed by atoms with Gasteiger partial charge in [0.05, 0.1) is 0 Å². The molecule has 0 radical (unpaired) electrons. The van der Waals surface area contributed by atoms with Crippen molar-refractivity contribution in [2.75, 3.05) is 19.6 Å². The Labute approximate surface area is 151 Å². The molecule has 0 unspecified atom stereocenters. The van der Waals surface area contributed by atoms with Gasteiger partial charge in [-0.3, -0.25) is 9.13 Å². The Hall–Kier alpha value is 0.220. The van der Waals surface area contributed by atoms with E-state index in [9.17, 15) is 33.8 Å². The second-order valence-electron chi connectivity index (χ2n) is 6.58. The number of aliphatic hydroxyl groups is 1. The van der Waals surface area contributed by atoms with Crippen molar-refractivity contribution in [1.29, 1.82) is 0 Å². The van der Waals surface area contributed by atoms with Crippen LogP contribution in [0.5, 0.6) is 0 Å². The fourth-order valence-corrected chi connectivity index (χ4v) is 4.85. The first kappa shape index (κ1) is 25.2. The molecule has 0 aliphatic rings. The van der Waals surface area contributed by atoms with Crippen molar-refractivity contribution in [1.82, 2.24) is 4.90 Å². The van der Waals surface area contributed by atoms with Gasteiger partial charge in [-0.2, -0.15) is 0 Å². The lowest BCUT2D eigenvalue weighted by Gasteiger charge is -2.31. The summed E-state index contributed by atoms with van der Waals surface area (Å²) in [5.41, 5.74) is 0. The Morgan fingerprint density at radius 2 is 1.20 bits per heavy atom. The number of rotatable bonds is 15. The average molecular weight is 403 g/mol. The highest BCUT2D eigenvalue weighted by Crippen LogP contribution is 2.68. The molecule has 10 heteroatoms. The molecule has 0 aliphatic heterocycles. The summed E-state index contributed by atoms with van der Waals surface area (Å²) < 4.78 is 22.8. The second-order valence-corrected chi connectivity index (χ2v) is 10.6. The van der Waals surface area contributed by atoms with Crippen molar-refractivity contribution >= 4 is 15.2 Å². The third-order valence-electron chi connectivity index (χ3n) is 4.31. The van der Waals surface area contributed by atoms with Gasteiger partial charge in [0, 0.05) is 13.0 Å². The molecule has 5 N–H and O–H groups in total. The molecule has 0 atom stereocenters. The van der Waals surface area contributed by atoms with E-state index < -0.39 is 26.7 Å². The fraction of sp³-hybridized carbons (Fsp3) is 1.00. The molecule has 0 fully saturated rings. The highest BCUT2D eigenvalue weighted by atomic mass is 31.2. The van der Waals surface area contributed by atoms with Crippen molar-refractivity contribution in [2.45, 2.75) is 76.7 Å². The third kappa shape index (κ3) is 9.12. The van der Waals surface area contributed by atoms with E-state index in [1.807, 2.05) is 11.8 Å². The minimum absolute atomic E-state index is 0.0242. The van der Waals surface area contributed by atoms with E-state index in [0.29, 0.717) is 13.1 Å². The lowest BCUT2D eigenvalue weighted by molar-refractivity contribution is 0.107. The molecule has 0 rings (SSSR count). The summed E-state index contributed by atoms with van der Waals surface area (Å²) in [6.07, 6.45) is 8.09. The molecule has 0 aromatic heterocycles. The van der Waals surface area contributed by atoms with Crippen LogP contribution in [0.15, 0.2) is 0 Å². The van der Waals surface area contributed by atoms with Gasteiger partial charge in [-0.1, -0.05) is 52.4 Å². The van der Waals surface area contributed by atoms with Gasteiger partial charge in [0.25, 0.3) is 5.08 Å². The molecule has 0 bridgehead atoms. The summed E-state index contributed by atoms with van der Waals surface area (Å²) in [5, 5.41) is 6.63. The monoisotopic (exact) mass is 403 g/mol. The van der Waals surface area contributed by atoms with Gasteiger partial charge in [0.2, 0.25) is 0 Å². The Kier molecular flexibility index (Phi) is 11.9.